The number of carbonyl (C=O) groups is 1. The summed E-state index contributed by atoms with van der Waals surface area (Å²) in [6.07, 6.45) is -2.79. The summed E-state index contributed by atoms with van der Waals surface area (Å²) in [6, 6.07) is 0.945. The van der Waals surface area contributed by atoms with Crippen LogP contribution in [0.5, 0.6) is 5.75 Å². The molecular formula is C8H7ClF2N2O2. The standard InChI is InChI=1S/C8H7ClF2N2O2/c1-15-4-2-3(7(10)11)6(9)13-5(4)8(12)14/h2,7H,1H3,(H2,12,14). The smallest absolute Gasteiger partial charge is 0.271 e. The SMILES string of the molecule is COc1cc(C(F)F)c(Cl)nc1C(N)=O. The summed E-state index contributed by atoms with van der Waals surface area (Å²) in [5, 5.41) is -0.459. The van der Waals surface area contributed by atoms with Crippen LogP contribution in [0, 0.1) is 0 Å². The van der Waals surface area contributed by atoms with Gasteiger partial charge in [0.2, 0.25) is 0 Å². The van der Waals surface area contributed by atoms with Crippen molar-refractivity contribution in [3.8, 4) is 5.75 Å². The molecule has 15 heavy (non-hydrogen) atoms. The van der Waals surface area contributed by atoms with Crippen LogP contribution in [-0.2, 0) is 0 Å². The van der Waals surface area contributed by atoms with E-state index in [1.807, 2.05) is 0 Å². The van der Waals surface area contributed by atoms with E-state index in [2.05, 4.69) is 4.98 Å². The van der Waals surface area contributed by atoms with Crippen molar-refractivity contribution in [2.75, 3.05) is 7.11 Å². The molecule has 0 unspecified atom stereocenters. The molecule has 0 bridgehead atoms. The lowest BCUT2D eigenvalue weighted by atomic mass is 10.2. The number of primary amides is 1. The molecule has 1 rings (SSSR count). The van der Waals surface area contributed by atoms with Crippen LogP contribution >= 0.6 is 11.6 Å². The maximum Gasteiger partial charge on any atom is 0.271 e. The van der Waals surface area contributed by atoms with Crippen molar-refractivity contribution in [1.82, 2.24) is 4.98 Å². The summed E-state index contributed by atoms with van der Waals surface area (Å²) < 4.78 is 29.5. The summed E-state index contributed by atoms with van der Waals surface area (Å²) in [5.74, 6) is -1.02. The highest BCUT2D eigenvalue weighted by molar-refractivity contribution is 6.30. The zero-order valence-electron chi connectivity index (χ0n) is 7.63. The van der Waals surface area contributed by atoms with E-state index in [4.69, 9.17) is 22.1 Å². The second kappa shape index (κ2) is 4.39. The molecule has 0 radical (unpaired) electrons. The summed E-state index contributed by atoms with van der Waals surface area (Å²) >= 11 is 5.44. The molecule has 0 saturated heterocycles. The second-order valence-electron chi connectivity index (χ2n) is 2.58. The van der Waals surface area contributed by atoms with E-state index < -0.39 is 23.0 Å². The number of aromatic nitrogens is 1. The molecule has 0 saturated carbocycles. The number of halogens is 3. The van der Waals surface area contributed by atoms with Crippen LogP contribution in [0.15, 0.2) is 6.07 Å². The Labute approximate surface area is 89.0 Å². The first-order chi connectivity index (χ1) is 6.97. The van der Waals surface area contributed by atoms with E-state index in [-0.39, 0.29) is 11.4 Å². The molecule has 1 amide bonds. The molecule has 0 fully saturated rings. The Morgan fingerprint density at radius 1 is 1.67 bits per heavy atom. The molecule has 0 aliphatic heterocycles. The Morgan fingerprint density at radius 2 is 2.27 bits per heavy atom. The van der Waals surface area contributed by atoms with Gasteiger partial charge in [-0.25, -0.2) is 13.8 Å². The molecule has 0 aromatic carbocycles. The van der Waals surface area contributed by atoms with Crippen molar-refractivity contribution in [3.63, 3.8) is 0 Å². The molecule has 0 aliphatic carbocycles. The number of methoxy groups -OCH3 is 1. The van der Waals surface area contributed by atoms with Crippen LogP contribution < -0.4 is 10.5 Å². The van der Waals surface area contributed by atoms with Gasteiger partial charge < -0.3 is 10.5 Å². The van der Waals surface area contributed by atoms with Crippen molar-refractivity contribution >= 4 is 17.5 Å². The quantitative estimate of drug-likeness (QED) is 0.814. The monoisotopic (exact) mass is 236 g/mol. The van der Waals surface area contributed by atoms with Gasteiger partial charge in [0.05, 0.1) is 12.7 Å². The van der Waals surface area contributed by atoms with Gasteiger partial charge in [-0.1, -0.05) is 11.6 Å². The summed E-state index contributed by atoms with van der Waals surface area (Å²) in [5.41, 5.74) is 4.18. The van der Waals surface area contributed by atoms with E-state index in [0.717, 1.165) is 6.07 Å². The van der Waals surface area contributed by atoms with Crippen molar-refractivity contribution in [1.29, 1.82) is 0 Å². The Bertz CT molecular complexity index is 398. The highest BCUT2D eigenvalue weighted by Crippen LogP contribution is 2.30. The van der Waals surface area contributed by atoms with Crippen molar-refractivity contribution < 1.29 is 18.3 Å². The molecule has 2 N–H and O–H groups in total. The van der Waals surface area contributed by atoms with Gasteiger partial charge in [0, 0.05) is 0 Å². The minimum Gasteiger partial charge on any atom is -0.494 e. The maximum absolute atomic E-state index is 12.4. The van der Waals surface area contributed by atoms with Crippen LogP contribution in [0.2, 0.25) is 5.15 Å². The number of ether oxygens (including phenoxy) is 1. The van der Waals surface area contributed by atoms with E-state index in [0.29, 0.717) is 0 Å². The van der Waals surface area contributed by atoms with Gasteiger partial charge in [0.1, 0.15) is 5.15 Å². The first-order valence-corrected chi connectivity index (χ1v) is 4.17. The highest BCUT2D eigenvalue weighted by atomic mass is 35.5. The Morgan fingerprint density at radius 3 is 2.67 bits per heavy atom. The summed E-state index contributed by atoms with van der Waals surface area (Å²) in [7, 11) is 1.21. The number of pyridine rings is 1. The lowest BCUT2D eigenvalue weighted by Crippen LogP contribution is -2.15. The molecule has 4 nitrogen and oxygen atoms in total. The molecular weight excluding hydrogens is 230 g/mol. The number of hydrogen-bond acceptors (Lipinski definition) is 3. The van der Waals surface area contributed by atoms with Crippen LogP contribution in [0.25, 0.3) is 0 Å². The largest absolute Gasteiger partial charge is 0.494 e. The van der Waals surface area contributed by atoms with Crippen molar-refractivity contribution in [2.45, 2.75) is 6.43 Å². The molecule has 0 aliphatic rings. The van der Waals surface area contributed by atoms with Gasteiger partial charge in [0.15, 0.2) is 11.4 Å². The maximum atomic E-state index is 12.4. The van der Waals surface area contributed by atoms with E-state index in [9.17, 15) is 13.6 Å². The van der Waals surface area contributed by atoms with Crippen LogP contribution in [-0.4, -0.2) is 18.0 Å². The predicted octanol–water partition coefficient (Wildman–Crippen LogP) is 1.78. The Balaban J connectivity index is 3.35. The Kier molecular flexibility index (Phi) is 3.41. The average molecular weight is 237 g/mol. The zero-order valence-corrected chi connectivity index (χ0v) is 8.39. The van der Waals surface area contributed by atoms with Gasteiger partial charge in [-0.15, -0.1) is 0 Å². The van der Waals surface area contributed by atoms with Gasteiger partial charge in [-0.3, -0.25) is 4.79 Å². The van der Waals surface area contributed by atoms with Crippen LogP contribution in [0.4, 0.5) is 8.78 Å². The van der Waals surface area contributed by atoms with Gasteiger partial charge in [0.25, 0.3) is 12.3 Å². The first kappa shape index (κ1) is 11.6. The number of nitrogens with zero attached hydrogens (tertiary/aromatic N) is 1. The normalized spacial score (nSPS) is 10.5. The topological polar surface area (TPSA) is 65.2 Å². The molecule has 7 heteroatoms. The highest BCUT2D eigenvalue weighted by Gasteiger charge is 2.20. The third-order valence-electron chi connectivity index (χ3n) is 1.66. The number of amides is 1. The third-order valence-corrected chi connectivity index (χ3v) is 1.96. The first-order valence-electron chi connectivity index (χ1n) is 3.79. The molecule has 1 heterocycles. The van der Waals surface area contributed by atoms with E-state index >= 15 is 0 Å². The number of carbonyl (C=O) groups excluding carboxylic acids is 1. The van der Waals surface area contributed by atoms with Crippen molar-refractivity contribution in [2.24, 2.45) is 5.73 Å². The van der Waals surface area contributed by atoms with Crippen LogP contribution in [0.3, 0.4) is 0 Å². The molecule has 0 spiro atoms. The second-order valence-corrected chi connectivity index (χ2v) is 2.94. The van der Waals surface area contributed by atoms with Crippen LogP contribution in [0.1, 0.15) is 22.5 Å². The third kappa shape index (κ3) is 2.33. The van der Waals surface area contributed by atoms with Crippen molar-refractivity contribution in [3.05, 3.63) is 22.5 Å². The van der Waals surface area contributed by atoms with Gasteiger partial charge in [-0.05, 0) is 6.07 Å². The number of rotatable bonds is 3. The minimum absolute atomic E-state index is 0.123. The summed E-state index contributed by atoms with van der Waals surface area (Å²) in [4.78, 5) is 14.3. The van der Waals surface area contributed by atoms with Gasteiger partial charge >= 0.3 is 0 Å². The van der Waals surface area contributed by atoms with E-state index in [1.54, 1.807) is 0 Å². The fourth-order valence-corrected chi connectivity index (χ4v) is 1.19. The van der Waals surface area contributed by atoms with E-state index in [1.165, 1.54) is 7.11 Å². The summed E-state index contributed by atoms with van der Waals surface area (Å²) in [6.45, 7) is 0. The molecule has 82 valence electrons. The zero-order chi connectivity index (χ0) is 11.6. The van der Waals surface area contributed by atoms with Gasteiger partial charge in [-0.2, -0.15) is 0 Å². The number of hydrogen-bond donors (Lipinski definition) is 1. The average Bonchev–Trinajstić information content (AvgIpc) is 2.16. The lowest BCUT2D eigenvalue weighted by Gasteiger charge is -2.08. The lowest BCUT2D eigenvalue weighted by molar-refractivity contribution is 0.0991. The molecule has 0 atom stereocenters. The fraction of sp³-hybridized carbons (Fsp3) is 0.250. The number of alkyl halides is 2. The minimum atomic E-state index is -2.79. The fourth-order valence-electron chi connectivity index (χ4n) is 0.972. The Hall–Kier alpha value is -1.43. The molecule has 1 aromatic heterocycles. The number of nitrogens with two attached hydrogens (primary N) is 1. The molecule has 1 aromatic rings. The predicted molar refractivity (Wildman–Crippen MR) is 49.3 cm³/mol.